The maximum Gasteiger partial charge on any atom is 0.243 e. The molecular formula is C23H29N3O5S. The van der Waals surface area contributed by atoms with Gasteiger partial charge in [0.15, 0.2) is 0 Å². The molecule has 0 unspecified atom stereocenters. The van der Waals surface area contributed by atoms with Crippen LogP contribution in [-0.4, -0.2) is 68.9 Å². The van der Waals surface area contributed by atoms with Crippen LogP contribution in [0.1, 0.15) is 19.8 Å². The van der Waals surface area contributed by atoms with Crippen molar-refractivity contribution in [2.75, 3.05) is 39.3 Å². The first-order valence-corrected chi connectivity index (χ1v) is 12.4. The first-order valence-electron chi connectivity index (χ1n) is 11.0. The van der Waals surface area contributed by atoms with Gasteiger partial charge in [0.1, 0.15) is 17.2 Å². The van der Waals surface area contributed by atoms with Gasteiger partial charge in [-0.1, -0.05) is 0 Å². The number of nitrogens with zero attached hydrogens (tertiary/aromatic N) is 2. The molecular weight excluding hydrogens is 430 g/mol. The maximum atomic E-state index is 13.0. The summed E-state index contributed by atoms with van der Waals surface area (Å²) in [4.78, 5) is 14.2. The quantitative estimate of drug-likeness (QED) is 0.620. The van der Waals surface area contributed by atoms with Crippen LogP contribution >= 0.6 is 0 Å². The Morgan fingerprint density at radius 2 is 1.50 bits per heavy atom. The van der Waals surface area contributed by atoms with E-state index in [-0.39, 0.29) is 10.8 Å². The minimum absolute atomic E-state index is 0.0203. The van der Waals surface area contributed by atoms with Crippen LogP contribution in [0.5, 0.6) is 17.2 Å². The Hall–Kier alpha value is -2.62. The minimum atomic E-state index is -3.59. The molecule has 0 aromatic heterocycles. The van der Waals surface area contributed by atoms with Crippen molar-refractivity contribution in [2.24, 2.45) is 0 Å². The fourth-order valence-electron chi connectivity index (χ4n) is 3.57. The van der Waals surface area contributed by atoms with Crippen molar-refractivity contribution in [1.29, 1.82) is 0 Å². The standard InChI is InChI=1S/C23H29N3O5S/c1-2-30-19-5-7-20(8-6-19)31-21-9-11-22(12-10-21)32(28,29)26-15-13-25(14-16-26)17-23(27)24-18-3-4-18/h5-12,18H,2-4,13-17H2,1H3,(H,24,27). The van der Waals surface area contributed by atoms with E-state index in [4.69, 9.17) is 9.47 Å². The molecule has 8 nitrogen and oxygen atoms in total. The van der Waals surface area contributed by atoms with Crippen LogP contribution in [0, 0.1) is 0 Å². The average Bonchev–Trinajstić information content (AvgIpc) is 3.60. The minimum Gasteiger partial charge on any atom is -0.494 e. The van der Waals surface area contributed by atoms with Gasteiger partial charge in [0.05, 0.1) is 18.0 Å². The van der Waals surface area contributed by atoms with Crippen molar-refractivity contribution in [3.8, 4) is 17.2 Å². The molecule has 32 heavy (non-hydrogen) atoms. The molecule has 1 saturated carbocycles. The van der Waals surface area contributed by atoms with Crippen LogP contribution in [0.4, 0.5) is 0 Å². The molecule has 1 amide bonds. The van der Waals surface area contributed by atoms with Crippen LogP contribution in [-0.2, 0) is 14.8 Å². The van der Waals surface area contributed by atoms with Crippen LogP contribution in [0.15, 0.2) is 53.4 Å². The van der Waals surface area contributed by atoms with E-state index < -0.39 is 10.0 Å². The second-order valence-corrected chi connectivity index (χ2v) is 9.94. The SMILES string of the molecule is CCOc1ccc(Oc2ccc(S(=O)(=O)N3CCN(CC(=O)NC4CC4)CC3)cc2)cc1. The molecule has 0 spiro atoms. The Labute approximate surface area is 189 Å². The van der Waals surface area contributed by atoms with E-state index in [0.717, 1.165) is 18.6 Å². The predicted molar refractivity (Wildman–Crippen MR) is 120 cm³/mol. The van der Waals surface area contributed by atoms with Gasteiger partial charge in [0.2, 0.25) is 15.9 Å². The summed E-state index contributed by atoms with van der Waals surface area (Å²) < 4.78 is 38.7. The molecule has 2 aliphatic rings. The molecule has 0 atom stereocenters. The summed E-state index contributed by atoms with van der Waals surface area (Å²) in [6.45, 7) is 4.65. The first-order chi connectivity index (χ1) is 15.4. The van der Waals surface area contributed by atoms with Crippen molar-refractivity contribution < 1.29 is 22.7 Å². The summed E-state index contributed by atoms with van der Waals surface area (Å²) in [6.07, 6.45) is 2.11. The van der Waals surface area contributed by atoms with Crippen LogP contribution in [0.25, 0.3) is 0 Å². The number of sulfonamides is 1. The maximum absolute atomic E-state index is 13.0. The van der Waals surface area contributed by atoms with Crippen molar-refractivity contribution in [3.63, 3.8) is 0 Å². The number of hydrogen-bond donors (Lipinski definition) is 1. The Bertz CT molecular complexity index is 1010. The van der Waals surface area contributed by atoms with E-state index in [2.05, 4.69) is 5.32 Å². The average molecular weight is 460 g/mol. The van der Waals surface area contributed by atoms with Gasteiger partial charge in [-0.25, -0.2) is 8.42 Å². The van der Waals surface area contributed by atoms with Gasteiger partial charge in [-0.2, -0.15) is 4.31 Å². The van der Waals surface area contributed by atoms with Gasteiger partial charge in [-0.05, 0) is 68.3 Å². The Morgan fingerprint density at radius 1 is 0.938 bits per heavy atom. The summed E-state index contributed by atoms with van der Waals surface area (Å²) in [7, 11) is -3.59. The lowest BCUT2D eigenvalue weighted by molar-refractivity contribution is -0.122. The molecule has 2 aromatic rings. The molecule has 1 aliphatic heterocycles. The van der Waals surface area contributed by atoms with Crippen LogP contribution in [0.2, 0.25) is 0 Å². The smallest absolute Gasteiger partial charge is 0.243 e. The predicted octanol–water partition coefficient (Wildman–Crippen LogP) is 2.46. The topological polar surface area (TPSA) is 88.2 Å². The van der Waals surface area contributed by atoms with Gasteiger partial charge in [0, 0.05) is 32.2 Å². The van der Waals surface area contributed by atoms with E-state index in [0.29, 0.717) is 56.9 Å². The highest BCUT2D eigenvalue weighted by Gasteiger charge is 2.30. The zero-order valence-electron chi connectivity index (χ0n) is 18.2. The Kier molecular flexibility index (Phi) is 6.98. The highest BCUT2D eigenvalue weighted by molar-refractivity contribution is 7.89. The van der Waals surface area contributed by atoms with Gasteiger partial charge in [-0.3, -0.25) is 9.69 Å². The van der Waals surface area contributed by atoms with Crippen molar-refractivity contribution in [2.45, 2.75) is 30.7 Å². The summed E-state index contributed by atoms with van der Waals surface area (Å²) in [5.41, 5.74) is 0. The molecule has 0 bridgehead atoms. The fraction of sp³-hybridized carbons (Fsp3) is 0.435. The van der Waals surface area contributed by atoms with Gasteiger partial charge in [0.25, 0.3) is 0 Å². The number of benzene rings is 2. The third-order valence-corrected chi connectivity index (χ3v) is 7.39. The number of carbonyl (C=O) groups is 1. The number of rotatable bonds is 9. The van der Waals surface area contributed by atoms with Gasteiger partial charge < -0.3 is 14.8 Å². The van der Waals surface area contributed by atoms with E-state index in [1.165, 1.54) is 4.31 Å². The lowest BCUT2D eigenvalue weighted by Crippen LogP contribution is -2.51. The summed E-state index contributed by atoms with van der Waals surface area (Å²) in [6, 6.07) is 14.0. The summed E-state index contributed by atoms with van der Waals surface area (Å²) in [5.74, 6) is 1.99. The van der Waals surface area contributed by atoms with Gasteiger partial charge >= 0.3 is 0 Å². The molecule has 2 aromatic carbocycles. The molecule has 1 heterocycles. The largest absolute Gasteiger partial charge is 0.494 e. The molecule has 172 valence electrons. The molecule has 2 fully saturated rings. The fourth-order valence-corrected chi connectivity index (χ4v) is 4.99. The third kappa shape index (κ3) is 5.79. The number of nitrogens with one attached hydrogen (secondary N) is 1. The van der Waals surface area contributed by atoms with E-state index in [9.17, 15) is 13.2 Å². The zero-order chi connectivity index (χ0) is 22.6. The summed E-state index contributed by atoms with van der Waals surface area (Å²) >= 11 is 0. The van der Waals surface area contributed by atoms with Crippen molar-refractivity contribution in [1.82, 2.24) is 14.5 Å². The van der Waals surface area contributed by atoms with E-state index in [1.54, 1.807) is 36.4 Å². The second kappa shape index (κ2) is 9.89. The highest BCUT2D eigenvalue weighted by Crippen LogP contribution is 2.26. The number of hydrogen-bond acceptors (Lipinski definition) is 6. The lowest BCUT2D eigenvalue weighted by atomic mass is 10.3. The second-order valence-electron chi connectivity index (χ2n) is 8.00. The van der Waals surface area contributed by atoms with Gasteiger partial charge in [-0.15, -0.1) is 0 Å². The van der Waals surface area contributed by atoms with Crippen LogP contribution < -0.4 is 14.8 Å². The summed E-state index contributed by atoms with van der Waals surface area (Å²) in [5, 5.41) is 2.97. The molecule has 1 N–H and O–H groups in total. The number of amides is 1. The molecule has 4 rings (SSSR count). The first kappa shape index (κ1) is 22.6. The van der Waals surface area contributed by atoms with Crippen LogP contribution in [0.3, 0.4) is 0 Å². The monoisotopic (exact) mass is 459 g/mol. The molecule has 1 aliphatic carbocycles. The van der Waals surface area contributed by atoms with Crippen molar-refractivity contribution >= 4 is 15.9 Å². The van der Waals surface area contributed by atoms with Crippen molar-refractivity contribution in [3.05, 3.63) is 48.5 Å². The number of ether oxygens (including phenoxy) is 2. The number of piperazine rings is 1. The van der Waals surface area contributed by atoms with E-state index >= 15 is 0 Å². The molecule has 9 heteroatoms. The highest BCUT2D eigenvalue weighted by atomic mass is 32.2. The Morgan fingerprint density at radius 3 is 2.06 bits per heavy atom. The third-order valence-electron chi connectivity index (χ3n) is 5.47. The molecule has 0 radical (unpaired) electrons. The molecule has 1 saturated heterocycles. The van der Waals surface area contributed by atoms with E-state index in [1.807, 2.05) is 24.0 Å². The normalized spacial score (nSPS) is 17.7. The number of carbonyl (C=O) groups excluding carboxylic acids is 1. The Balaban J connectivity index is 1.31. The lowest BCUT2D eigenvalue weighted by Gasteiger charge is -2.33. The zero-order valence-corrected chi connectivity index (χ0v) is 19.0.